The summed E-state index contributed by atoms with van der Waals surface area (Å²) in [6.45, 7) is 3.53. The molecule has 0 aliphatic carbocycles. The van der Waals surface area contributed by atoms with Gasteiger partial charge in [-0.3, -0.25) is 14.6 Å². The second-order valence-electron chi connectivity index (χ2n) is 8.45. The van der Waals surface area contributed by atoms with Gasteiger partial charge < -0.3 is 28.8 Å². The lowest BCUT2D eigenvalue weighted by Crippen LogP contribution is -2.36. The Morgan fingerprint density at radius 1 is 1.11 bits per heavy atom. The lowest BCUT2D eigenvalue weighted by molar-refractivity contribution is 0.0940. The normalized spacial score (nSPS) is 15.2. The van der Waals surface area contributed by atoms with E-state index in [0.29, 0.717) is 84.9 Å². The van der Waals surface area contributed by atoms with Gasteiger partial charge in [0, 0.05) is 49.0 Å². The number of carbonyl (C=O) groups excluding carboxylic acids is 1. The Morgan fingerprint density at radius 2 is 1.97 bits per heavy atom. The van der Waals surface area contributed by atoms with Crippen molar-refractivity contribution in [3.05, 3.63) is 69.5 Å². The molecule has 1 fully saturated rings. The van der Waals surface area contributed by atoms with Crippen molar-refractivity contribution >= 4 is 33.4 Å². The SMILES string of the molecule is O=C(NCc1cccnc1)c1cc(-c2csc3c(=O)cc(N4CCOCC4)oc23)cc2c1OCCO2. The predicted octanol–water partition coefficient (Wildman–Crippen LogP) is 3.45. The van der Waals surface area contributed by atoms with Crippen molar-refractivity contribution in [2.24, 2.45) is 0 Å². The number of morpholine rings is 1. The van der Waals surface area contributed by atoms with Gasteiger partial charge in [-0.2, -0.15) is 0 Å². The van der Waals surface area contributed by atoms with Crippen molar-refractivity contribution < 1.29 is 23.4 Å². The number of ether oxygens (including phenoxy) is 3. The molecular weight excluding hydrogens is 482 g/mol. The monoisotopic (exact) mass is 505 g/mol. The third-order valence-electron chi connectivity index (χ3n) is 6.13. The Kier molecular flexibility index (Phi) is 6.04. The number of carbonyl (C=O) groups is 1. The highest BCUT2D eigenvalue weighted by Crippen LogP contribution is 2.42. The van der Waals surface area contributed by atoms with Crippen molar-refractivity contribution in [1.29, 1.82) is 0 Å². The molecule has 0 spiro atoms. The number of thiophene rings is 1. The van der Waals surface area contributed by atoms with Crippen LogP contribution in [0.2, 0.25) is 0 Å². The maximum absolute atomic E-state index is 13.2. The second-order valence-corrected chi connectivity index (χ2v) is 9.33. The molecule has 36 heavy (non-hydrogen) atoms. The fourth-order valence-electron chi connectivity index (χ4n) is 4.33. The van der Waals surface area contributed by atoms with E-state index in [-0.39, 0.29) is 11.3 Å². The van der Waals surface area contributed by atoms with Gasteiger partial charge in [0.2, 0.25) is 5.43 Å². The van der Waals surface area contributed by atoms with Crippen LogP contribution >= 0.6 is 11.3 Å². The van der Waals surface area contributed by atoms with Crippen LogP contribution in [0.3, 0.4) is 0 Å². The Hall–Kier alpha value is -3.89. The molecule has 0 atom stereocenters. The van der Waals surface area contributed by atoms with Gasteiger partial charge >= 0.3 is 0 Å². The third kappa shape index (κ3) is 4.29. The number of rotatable bonds is 5. The molecule has 0 bridgehead atoms. The molecule has 1 saturated heterocycles. The summed E-state index contributed by atoms with van der Waals surface area (Å²) in [4.78, 5) is 32.2. The number of aromatic nitrogens is 1. The lowest BCUT2D eigenvalue weighted by Gasteiger charge is -2.27. The van der Waals surface area contributed by atoms with Gasteiger partial charge in [-0.1, -0.05) is 6.07 Å². The van der Waals surface area contributed by atoms with Crippen molar-refractivity contribution in [3.63, 3.8) is 0 Å². The molecule has 0 unspecified atom stereocenters. The van der Waals surface area contributed by atoms with E-state index < -0.39 is 0 Å². The van der Waals surface area contributed by atoms with Crippen LogP contribution in [0.5, 0.6) is 11.5 Å². The van der Waals surface area contributed by atoms with E-state index in [2.05, 4.69) is 10.3 Å². The highest BCUT2D eigenvalue weighted by Gasteiger charge is 2.25. The number of nitrogens with zero attached hydrogens (tertiary/aromatic N) is 2. The fourth-order valence-corrected chi connectivity index (χ4v) is 5.24. The van der Waals surface area contributed by atoms with Crippen LogP contribution in [0.1, 0.15) is 15.9 Å². The molecule has 5 heterocycles. The first-order valence-corrected chi connectivity index (χ1v) is 12.5. The molecule has 10 heteroatoms. The molecule has 2 aliphatic heterocycles. The van der Waals surface area contributed by atoms with Gasteiger partial charge in [-0.15, -0.1) is 11.3 Å². The van der Waals surface area contributed by atoms with Gasteiger partial charge in [0.1, 0.15) is 17.9 Å². The van der Waals surface area contributed by atoms with Gasteiger partial charge in [0.25, 0.3) is 5.91 Å². The minimum absolute atomic E-state index is 0.0963. The van der Waals surface area contributed by atoms with Crippen LogP contribution in [0.15, 0.2) is 57.3 Å². The number of anilines is 1. The molecule has 2 aliphatic rings. The van der Waals surface area contributed by atoms with Gasteiger partial charge in [0.15, 0.2) is 23.0 Å². The Morgan fingerprint density at radius 3 is 2.81 bits per heavy atom. The summed E-state index contributed by atoms with van der Waals surface area (Å²) in [5.41, 5.74) is 3.07. The number of nitrogens with one attached hydrogen (secondary N) is 1. The van der Waals surface area contributed by atoms with Crippen LogP contribution in [-0.4, -0.2) is 50.4 Å². The quantitative estimate of drug-likeness (QED) is 0.440. The third-order valence-corrected chi connectivity index (χ3v) is 7.10. The largest absolute Gasteiger partial charge is 0.486 e. The molecule has 6 rings (SSSR count). The average molecular weight is 506 g/mol. The average Bonchev–Trinajstić information content (AvgIpc) is 3.37. The van der Waals surface area contributed by atoms with E-state index in [1.807, 2.05) is 28.5 Å². The summed E-state index contributed by atoms with van der Waals surface area (Å²) < 4.78 is 23.9. The standard InChI is InChI=1S/C26H23N3O6S/c30-20-12-22(29-4-6-32-7-5-29)35-24-19(15-36-25(20)24)17-10-18(23-21(11-17)33-8-9-34-23)26(31)28-14-16-2-1-3-27-13-16/h1-3,10-13,15H,4-9,14H2,(H,28,31). The van der Waals surface area contributed by atoms with E-state index >= 15 is 0 Å². The summed E-state index contributed by atoms with van der Waals surface area (Å²) in [6.07, 6.45) is 3.39. The first-order chi connectivity index (χ1) is 17.7. The molecule has 184 valence electrons. The van der Waals surface area contributed by atoms with Gasteiger partial charge in [-0.25, -0.2) is 0 Å². The van der Waals surface area contributed by atoms with E-state index in [1.165, 1.54) is 17.4 Å². The van der Waals surface area contributed by atoms with Crippen LogP contribution in [-0.2, 0) is 11.3 Å². The zero-order chi connectivity index (χ0) is 24.5. The molecular formula is C26H23N3O6S. The first-order valence-electron chi connectivity index (χ1n) is 11.7. The number of benzene rings is 1. The molecule has 1 amide bonds. The maximum atomic E-state index is 13.2. The number of pyridine rings is 1. The topological polar surface area (TPSA) is 103 Å². The number of fused-ring (bicyclic) bond motifs is 2. The molecule has 9 nitrogen and oxygen atoms in total. The summed E-state index contributed by atoms with van der Waals surface area (Å²) in [6, 6.07) is 8.84. The van der Waals surface area contributed by atoms with Crippen LogP contribution in [0, 0.1) is 0 Å². The Bertz CT molecular complexity index is 1480. The zero-order valence-electron chi connectivity index (χ0n) is 19.3. The minimum Gasteiger partial charge on any atom is -0.486 e. The van der Waals surface area contributed by atoms with Crippen molar-refractivity contribution in [3.8, 4) is 22.6 Å². The minimum atomic E-state index is -0.294. The highest BCUT2D eigenvalue weighted by molar-refractivity contribution is 7.17. The van der Waals surface area contributed by atoms with Gasteiger partial charge in [0.05, 0.1) is 18.8 Å². The van der Waals surface area contributed by atoms with Crippen LogP contribution < -0.4 is 25.1 Å². The second kappa shape index (κ2) is 9.63. The van der Waals surface area contributed by atoms with E-state index in [4.69, 9.17) is 18.6 Å². The molecule has 4 aromatic rings. The Labute approximate surface area is 210 Å². The van der Waals surface area contributed by atoms with Crippen molar-refractivity contribution in [2.75, 3.05) is 44.4 Å². The number of hydrogen-bond donors (Lipinski definition) is 1. The van der Waals surface area contributed by atoms with Crippen molar-refractivity contribution in [2.45, 2.75) is 6.54 Å². The van der Waals surface area contributed by atoms with E-state index in [0.717, 1.165) is 11.1 Å². The highest BCUT2D eigenvalue weighted by atomic mass is 32.1. The van der Waals surface area contributed by atoms with Gasteiger partial charge in [-0.05, 0) is 29.3 Å². The first kappa shape index (κ1) is 22.6. The predicted molar refractivity (Wildman–Crippen MR) is 135 cm³/mol. The zero-order valence-corrected chi connectivity index (χ0v) is 20.1. The molecule has 1 N–H and O–H groups in total. The molecule has 1 aromatic carbocycles. The lowest BCUT2D eigenvalue weighted by atomic mass is 10.0. The fraction of sp³-hybridized carbons (Fsp3) is 0.269. The number of amides is 1. The smallest absolute Gasteiger partial charge is 0.255 e. The molecule has 3 aromatic heterocycles. The summed E-state index contributed by atoms with van der Waals surface area (Å²) in [7, 11) is 0. The molecule has 0 radical (unpaired) electrons. The van der Waals surface area contributed by atoms with Crippen LogP contribution in [0.4, 0.5) is 5.88 Å². The summed E-state index contributed by atoms with van der Waals surface area (Å²) in [5, 5.41) is 4.81. The maximum Gasteiger partial charge on any atom is 0.255 e. The van der Waals surface area contributed by atoms with E-state index in [1.54, 1.807) is 18.5 Å². The number of hydrogen-bond acceptors (Lipinski definition) is 9. The summed E-state index contributed by atoms with van der Waals surface area (Å²) >= 11 is 1.32. The van der Waals surface area contributed by atoms with Crippen molar-refractivity contribution in [1.82, 2.24) is 10.3 Å². The summed E-state index contributed by atoms with van der Waals surface area (Å²) in [5.74, 6) is 1.11. The molecule has 0 saturated carbocycles. The Balaban J connectivity index is 1.40. The van der Waals surface area contributed by atoms with Crippen LogP contribution in [0.25, 0.3) is 21.4 Å². The van der Waals surface area contributed by atoms with E-state index in [9.17, 15) is 9.59 Å².